The zero-order valence-corrected chi connectivity index (χ0v) is 10.9. The number of nitrogens with zero attached hydrogens (tertiary/aromatic N) is 1. The fourth-order valence-corrected chi connectivity index (χ4v) is 2.72. The molecule has 0 aliphatic heterocycles. The van der Waals surface area contributed by atoms with Crippen LogP contribution in [0.5, 0.6) is 0 Å². The number of aliphatic carboxylic acids is 1. The van der Waals surface area contributed by atoms with E-state index in [1.165, 1.54) is 25.7 Å². The molecule has 2 amide bonds. The van der Waals surface area contributed by atoms with E-state index in [2.05, 4.69) is 5.32 Å². The summed E-state index contributed by atoms with van der Waals surface area (Å²) in [4.78, 5) is 24.6. The van der Waals surface area contributed by atoms with Gasteiger partial charge in [-0.05, 0) is 37.5 Å². The third kappa shape index (κ3) is 3.37. The highest BCUT2D eigenvalue weighted by molar-refractivity contribution is 5.83. The molecule has 102 valence electrons. The van der Waals surface area contributed by atoms with Crippen molar-refractivity contribution >= 4 is 12.0 Å². The Labute approximate surface area is 108 Å². The van der Waals surface area contributed by atoms with Crippen molar-refractivity contribution < 1.29 is 14.7 Å². The maximum Gasteiger partial charge on any atom is 0.326 e. The van der Waals surface area contributed by atoms with E-state index >= 15 is 0 Å². The molecule has 2 rings (SSSR count). The molecule has 5 nitrogen and oxygen atoms in total. The van der Waals surface area contributed by atoms with Crippen LogP contribution in [0.1, 0.15) is 38.5 Å². The minimum Gasteiger partial charge on any atom is -0.480 e. The summed E-state index contributed by atoms with van der Waals surface area (Å²) >= 11 is 0. The summed E-state index contributed by atoms with van der Waals surface area (Å²) < 4.78 is 0. The van der Waals surface area contributed by atoms with Crippen molar-refractivity contribution in [2.75, 3.05) is 13.6 Å². The number of amides is 2. The van der Waals surface area contributed by atoms with E-state index in [-0.39, 0.29) is 11.9 Å². The van der Waals surface area contributed by atoms with Gasteiger partial charge in [0.2, 0.25) is 0 Å². The predicted molar refractivity (Wildman–Crippen MR) is 67.3 cm³/mol. The van der Waals surface area contributed by atoms with Crippen LogP contribution < -0.4 is 5.32 Å². The largest absolute Gasteiger partial charge is 0.480 e. The first-order valence-electron chi connectivity index (χ1n) is 6.82. The smallest absolute Gasteiger partial charge is 0.326 e. The minimum absolute atomic E-state index is 0.131. The zero-order chi connectivity index (χ0) is 13.1. The molecule has 0 heterocycles. The maximum absolute atomic E-state index is 11.9. The van der Waals surface area contributed by atoms with Crippen molar-refractivity contribution in [1.82, 2.24) is 10.2 Å². The Hall–Kier alpha value is -1.26. The summed E-state index contributed by atoms with van der Waals surface area (Å²) in [5.74, 6) is -0.198. The molecule has 1 unspecified atom stereocenters. The molecule has 0 radical (unpaired) electrons. The molecule has 2 fully saturated rings. The average Bonchev–Trinajstić information content (AvgIpc) is 3.03. The van der Waals surface area contributed by atoms with Crippen LogP contribution in [0, 0.1) is 11.8 Å². The van der Waals surface area contributed by atoms with Crippen molar-refractivity contribution in [3.63, 3.8) is 0 Å². The summed E-state index contributed by atoms with van der Waals surface area (Å²) in [7, 11) is 1.75. The fourth-order valence-electron chi connectivity index (χ4n) is 2.72. The fraction of sp³-hybridized carbons (Fsp3) is 0.846. The van der Waals surface area contributed by atoms with E-state index in [0.717, 1.165) is 19.4 Å². The Morgan fingerprint density at radius 1 is 1.28 bits per heavy atom. The van der Waals surface area contributed by atoms with Gasteiger partial charge in [-0.25, -0.2) is 9.59 Å². The molecular formula is C13H22N2O3. The molecule has 0 aromatic carbocycles. The number of hydrogen-bond donors (Lipinski definition) is 2. The van der Waals surface area contributed by atoms with E-state index in [1.54, 1.807) is 11.9 Å². The van der Waals surface area contributed by atoms with Crippen molar-refractivity contribution in [2.45, 2.75) is 44.6 Å². The topological polar surface area (TPSA) is 69.6 Å². The van der Waals surface area contributed by atoms with E-state index < -0.39 is 12.0 Å². The van der Waals surface area contributed by atoms with Gasteiger partial charge in [0.1, 0.15) is 6.04 Å². The summed E-state index contributed by atoms with van der Waals surface area (Å²) in [6, 6.07) is -0.954. The van der Waals surface area contributed by atoms with Crippen LogP contribution in [0.2, 0.25) is 0 Å². The number of carbonyl (C=O) groups excluding carboxylic acids is 1. The lowest BCUT2D eigenvalue weighted by Crippen LogP contribution is -2.48. The third-order valence-electron chi connectivity index (χ3n) is 3.99. The first kappa shape index (κ1) is 13.2. The lowest BCUT2D eigenvalue weighted by Gasteiger charge is -2.23. The Balaban J connectivity index is 1.79. The van der Waals surface area contributed by atoms with E-state index in [1.807, 2.05) is 0 Å². The van der Waals surface area contributed by atoms with Crippen molar-refractivity contribution in [1.29, 1.82) is 0 Å². The summed E-state index contributed by atoms with van der Waals surface area (Å²) in [5.41, 5.74) is 0. The van der Waals surface area contributed by atoms with Crippen molar-refractivity contribution in [3.05, 3.63) is 0 Å². The van der Waals surface area contributed by atoms with Gasteiger partial charge < -0.3 is 15.3 Å². The molecule has 0 spiro atoms. The second-order valence-corrected chi connectivity index (χ2v) is 5.63. The Morgan fingerprint density at radius 3 is 2.39 bits per heavy atom. The molecule has 2 aliphatic carbocycles. The zero-order valence-electron chi connectivity index (χ0n) is 10.9. The van der Waals surface area contributed by atoms with E-state index in [9.17, 15) is 9.59 Å². The second kappa shape index (κ2) is 5.59. The first-order chi connectivity index (χ1) is 8.58. The summed E-state index contributed by atoms with van der Waals surface area (Å²) in [6.45, 7) is 0.739. The van der Waals surface area contributed by atoms with Crippen LogP contribution in [0.25, 0.3) is 0 Å². The van der Waals surface area contributed by atoms with Gasteiger partial charge in [-0.3, -0.25) is 0 Å². The summed E-state index contributed by atoms with van der Waals surface area (Å²) in [5, 5.41) is 11.7. The molecule has 0 bridgehead atoms. The standard InChI is InChI=1S/C13H22N2O3/c1-15(8-9-4-2-3-5-9)13(18)14-11(12(16)17)10-6-7-10/h9-11H,2-8H2,1H3,(H,14,18)(H,16,17). The van der Waals surface area contributed by atoms with Gasteiger partial charge in [0, 0.05) is 13.6 Å². The number of carbonyl (C=O) groups is 2. The predicted octanol–water partition coefficient (Wildman–Crippen LogP) is 1.68. The van der Waals surface area contributed by atoms with Gasteiger partial charge in [-0.2, -0.15) is 0 Å². The number of carboxylic acids is 1. The van der Waals surface area contributed by atoms with Gasteiger partial charge in [0.05, 0.1) is 0 Å². The van der Waals surface area contributed by atoms with Gasteiger partial charge >= 0.3 is 12.0 Å². The number of carboxylic acid groups (broad SMARTS) is 1. The van der Waals surface area contributed by atoms with E-state index in [4.69, 9.17) is 5.11 Å². The second-order valence-electron chi connectivity index (χ2n) is 5.63. The van der Waals surface area contributed by atoms with Crippen LogP contribution in [0.15, 0.2) is 0 Å². The highest BCUT2D eigenvalue weighted by atomic mass is 16.4. The lowest BCUT2D eigenvalue weighted by atomic mass is 10.1. The number of rotatable bonds is 5. The van der Waals surface area contributed by atoms with Crippen molar-refractivity contribution in [2.24, 2.45) is 11.8 Å². The number of hydrogen-bond acceptors (Lipinski definition) is 2. The Kier molecular flexibility index (Phi) is 4.09. The SMILES string of the molecule is CN(CC1CCCC1)C(=O)NC(C(=O)O)C1CC1. The molecule has 18 heavy (non-hydrogen) atoms. The average molecular weight is 254 g/mol. The molecular weight excluding hydrogens is 232 g/mol. The number of nitrogens with one attached hydrogen (secondary N) is 1. The Morgan fingerprint density at radius 2 is 1.89 bits per heavy atom. The van der Waals surface area contributed by atoms with Gasteiger partial charge in [0.15, 0.2) is 0 Å². The Bertz CT molecular complexity index is 322. The van der Waals surface area contributed by atoms with E-state index in [0.29, 0.717) is 5.92 Å². The molecule has 2 aliphatic rings. The van der Waals surface area contributed by atoms with Crippen LogP contribution in [0.4, 0.5) is 4.79 Å². The first-order valence-corrected chi connectivity index (χ1v) is 6.82. The molecule has 1 atom stereocenters. The quantitative estimate of drug-likeness (QED) is 0.784. The maximum atomic E-state index is 11.9. The van der Waals surface area contributed by atoms with Gasteiger partial charge in [-0.1, -0.05) is 12.8 Å². The van der Waals surface area contributed by atoms with Crippen LogP contribution >= 0.6 is 0 Å². The van der Waals surface area contributed by atoms with Crippen LogP contribution in [0.3, 0.4) is 0 Å². The normalized spacial score (nSPS) is 21.6. The van der Waals surface area contributed by atoms with Gasteiger partial charge in [-0.15, -0.1) is 0 Å². The minimum atomic E-state index is -0.917. The van der Waals surface area contributed by atoms with Crippen molar-refractivity contribution in [3.8, 4) is 0 Å². The molecule has 5 heteroatoms. The molecule has 0 saturated heterocycles. The monoisotopic (exact) mass is 254 g/mol. The highest BCUT2D eigenvalue weighted by Gasteiger charge is 2.37. The van der Waals surface area contributed by atoms with Crippen LogP contribution in [-0.2, 0) is 4.79 Å². The molecule has 0 aromatic rings. The lowest BCUT2D eigenvalue weighted by molar-refractivity contribution is -0.139. The number of urea groups is 1. The molecule has 2 N–H and O–H groups in total. The molecule has 2 saturated carbocycles. The molecule has 0 aromatic heterocycles. The van der Waals surface area contributed by atoms with Crippen LogP contribution in [-0.4, -0.2) is 41.6 Å². The highest BCUT2D eigenvalue weighted by Crippen LogP contribution is 2.33. The third-order valence-corrected chi connectivity index (χ3v) is 3.99. The summed E-state index contributed by atoms with van der Waals surface area (Å²) in [6.07, 6.45) is 6.68. The van der Waals surface area contributed by atoms with Gasteiger partial charge in [0.25, 0.3) is 0 Å².